The molecule has 0 unspecified atom stereocenters. The van der Waals surface area contributed by atoms with Crippen molar-refractivity contribution in [2.45, 2.75) is 31.7 Å². The van der Waals surface area contributed by atoms with E-state index in [0.29, 0.717) is 22.3 Å². The Balaban J connectivity index is 1.91. The van der Waals surface area contributed by atoms with Gasteiger partial charge in [0.05, 0.1) is 17.8 Å². The van der Waals surface area contributed by atoms with Crippen molar-refractivity contribution in [2.75, 3.05) is 11.9 Å². The van der Waals surface area contributed by atoms with Gasteiger partial charge in [0.2, 0.25) is 5.91 Å². The van der Waals surface area contributed by atoms with Gasteiger partial charge in [0.15, 0.2) is 0 Å². The van der Waals surface area contributed by atoms with Gasteiger partial charge in [-0.25, -0.2) is 0 Å². The predicted molar refractivity (Wildman–Crippen MR) is 75.1 cm³/mol. The maximum absolute atomic E-state index is 11.8. The number of carbonyl (C=O) groups excluding carboxylic acids is 1. The number of nitrogens with one attached hydrogen (secondary N) is 2. The fourth-order valence-corrected chi connectivity index (χ4v) is 2.45. The van der Waals surface area contributed by atoms with E-state index >= 15 is 0 Å². The first kappa shape index (κ1) is 13.9. The number of hydrogen-bond donors (Lipinski definition) is 2. The summed E-state index contributed by atoms with van der Waals surface area (Å²) in [5.41, 5.74) is 0.881. The van der Waals surface area contributed by atoms with Crippen LogP contribution in [0.15, 0.2) is 18.2 Å². The van der Waals surface area contributed by atoms with E-state index in [1.165, 1.54) is 12.8 Å². The van der Waals surface area contributed by atoms with Crippen LogP contribution in [0.5, 0.6) is 0 Å². The first-order valence-corrected chi connectivity index (χ1v) is 6.79. The minimum absolute atomic E-state index is 0.148. The van der Waals surface area contributed by atoms with Crippen molar-refractivity contribution in [3.8, 4) is 6.07 Å². The number of nitriles is 1. The standard InChI is InChI=1S/C14H16ClN3O/c15-11-6-5-10(8-16)13(7-11)18-14(19)9-17-12-3-1-2-4-12/h5-7,12,17H,1-4,9H2,(H,18,19). The summed E-state index contributed by atoms with van der Waals surface area (Å²) in [4.78, 5) is 11.8. The molecule has 1 amide bonds. The highest BCUT2D eigenvalue weighted by Gasteiger charge is 2.15. The summed E-state index contributed by atoms with van der Waals surface area (Å²) in [6.07, 6.45) is 4.72. The number of benzene rings is 1. The van der Waals surface area contributed by atoms with Gasteiger partial charge in [0.1, 0.15) is 6.07 Å². The molecule has 0 aliphatic heterocycles. The van der Waals surface area contributed by atoms with Crippen molar-refractivity contribution in [1.29, 1.82) is 5.26 Å². The lowest BCUT2D eigenvalue weighted by Gasteiger charge is -2.12. The number of anilines is 1. The average molecular weight is 278 g/mol. The fraction of sp³-hybridized carbons (Fsp3) is 0.429. The van der Waals surface area contributed by atoms with Crippen molar-refractivity contribution < 1.29 is 4.79 Å². The summed E-state index contributed by atoms with van der Waals surface area (Å²) in [5, 5.41) is 15.4. The monoisotopic (exact) mass is 277 g/mol. The molecule has 1 saturated carbocycles. The van der Waals surface area contributed by atoms with Crippen LogP contribution >= 0.6 is 11.6 Å². The molecule has 2 rings (SSSR count). The Hall–Kier alpha value is -1.57. The number of amides is 1. The van der Waals surface area contributed by atoms with Crippen LogP contribution in [0.3, 0.4) is 0 Å². The third kappa shape index (κ3) is 3.95. The largest absolute Gasteiger partial charge is 0.324 e. The molecular weight excluding hydrogens is 262 g/mol. The first-order chi connectivity index (χ1) is 9.19. The van der Waals surface area contributed by atoms with Gasteiger partial charge in [-0.05, 0) is 31.0 Å². The van der Waals surface area contributed by atoms with Crippen molar-refractivity contribution in [3.63, 3.8) is 0 Å². The summed E-state index contributed by atoms with van der Waals surface area (Å²) in [7, 11) is 0. The quantitative estimate of drug-likeness (QED) is 0.889. The lowest BCUT2D eigenvalue weighted by atomic mass is 10.2. The first-order valence-electron chi connectivity index (χ1n) is 6.42. The van der Waals surface area contributed by atoms with Crippen molar-refractivity contribution in [1.82, 2.24) is 5.32 Å². The van der Waals surface area contributed by atoms with Gasteiger partial charge in [0.25, 0.3) is 0 Å². The summed E-state index contributed by atoms with van der Waals surface area (Å²) < 4.78 is 0. The summed E-state index contributed by atoms with van der Waals surface area (Å²) in [6.45, 7) is 0.266. The molecule has 0 heterocycles. The molecule has 0 radical (unpaired) electrons. The van der Waals surface area contributed by atoms with Gasteiger partial charge in [-0.2, -0.15) is 5.26 Å². The number of rotatable bonds is 4. The molecule has 2 N–H and O–H groups in total. The van der Waals surface area contributed by atoms with E-state index in [1.54, 1.807) is 18.2 Å². The van der Waals surface area contributed by atoms with E-state index in [0.717, 1.165) is 12.8 Å². The maximum Gasteiger partial charge on any atom is 0.238 e. The molecule has 0 atom stereocenters. The van der Waals surface area contributed by atoms with Crippen LogP contribution < -0.4 is 10.6 Å². The fourth-order valence-electron chi connectivity index (χ4n) is 2.28. The minimum atomic E-state index is -0.148. The molecule has 5 heteroatoms. The van der Waals surface area contributed by atoms with E-state index in [4.69, 9.17) is 16.9 Å². The molecule has 1 fully saturated rings. The number of nitrogens with zero attached hydrogens (tertiary/aromatic N) is 1. The van der Waals surface area contributed by atoms with Crippen LogP contribution in [0.25, 0.3) is 0 Å². The van der Waals surface area contributed by atoms with Crippen molar-refractivity contribution in [2.24, 2.45) is 0 Å². The number of carbonyl (C=O) groups is 1. The SMILES string of the molecule is N#Cc1ccc(Cl)cc1NC(=O)CNC1CCCC1. The lowest BCUT2D eigenvalue weighted by molar-refractivity contribution is -0.115. The third-order valence-corrected chi connectivity index (χ3v) is 3.52. The summed E-state index contributed by atoms with van der Waals surface area (Å²) >= 11 is 5.86. The summed E-state index contributed by atoms with van der Waals surface area (Å²) in [6, 6.07) is 7.30. The molecule has 1 aliphatic rings. The van der Waals surface area contributed by atoms with E-state index in [9.17, 15) is 4.79 Å². The molecule has 0 spiro atoms. The average Bonchev–Trinajstić information content (AvgIpc) is 2.90. The second kappa shape index (κ2) is 6.55. The maximum atomic E-state index is 11.8. The predicted octanol–water partition coefficient (Wildman–Crippen LogP) is 2.68. The molecule has 0 bridgehead atoms. The Morgan fingerprint density at radius 3 is 2.84 bits per heavy atom. The van der Waals surface area contributed by atoms with E-state index in [2.05, 4.69) is 10.6 Å². The van der Waals surface area contributed by atoms with Gasteiger partial charge in [-0.3, -0.25) is 4.79 Å². The molecule has 19 heavy (non-hydrogen) atoms. The second-order valence-electron chi connectivity index (χ2n) is 4.71. The van der Waals surface area contributed by atoms with Crippen molar-refractivity contribution in [3.05, 3.63) is 28.8 Å². The Kier molecular flexibility index (Phi) is 4.78. The zero-order valence-corrected chi connectivity index (χ0v) is 11.3. The Morgan fingerprint density at radius 1 is 1.42 bits per heavy atom. The highest BCUT2D eigenvalue weighted by Crippen LogP contribution is 2.20. The van der Waals surface area contributed by atoms with E-state index in [1.807, 2.05) is 6.07 Å². The van der Waals surface area contributed by atoms with Crippen LogP contribution in [0.2, 0.25) is 5.02 Å². The summed E-state index contributed by atoms with van der Waals surface area (Å²) in [5.74, 6) is -0.148. The molecule has 1 aromatic carbocycles. The zero-order chi connectivity index (χ0) is 13.7. The zero-order valence-electron chi connectivity index (χ0n) is 10.6. The lowest BCUT2D eigenvalue weighted by Crippen LogP contribution is -2.34. The molecular formula is C14H16ClN3O. The van der Waals surface area contributed by atoms with Gasteiger partial charge < -0.3 is 10.6 Å². The normalized spacial score (nSPS) is 15.2. The van der Waals surface area contributed by atoms with Crippen LogP contribution in [-0.2, 0) is 4.79 Å². The molecule has 4 nitrogen and oxygen atoms in total. The Labute approximate surface area is 117 Å². The van der Waals surface area contributed by atoms with Gasteiger partial charge in [0, 0.05) is 11.1 Å². The highest BCUT2D eigenvalue weighted by molar-refractivity contribution is 6.31. The molecule has 0 saturated heterocycles. The third-order valence-electron chi connectivity index (χ3n) is 3.28. The van der Waals surface area contributed by atoms with Gasteiger partial charge >= 0.3 is 0 Å². The van der Waals surface area contributed by atoms with E-state index in [-0.39, 0.29) is 12.5 Å². The van der Waals surface area contributed by atoms with Crippen molar-refractivity contribution >= 4 is 23.2 Å². The molecule has 1 aromatic rings. The second-order valence-corrected chi connectivity index (χ2v) is 5.15. The minimum Gasteiger partial charge on any atom is -0.324 e. The van der Waals surface area contributed by atoms with Gasteiger partial charge in [-0.1, -0.05) is 24.4 Å². The number of halogens is 1. The smallest absolute Gasteiger partial charge is 0.238 e. The van der Waals surface area contributed by atoms with Gasteiger partial charge in [-0.15, -0.1) is 0 Å². The molecule has 1 aliphatic carbocycles. The van der Waals surface area contributed by atoms with Crippen LogP contribution in [-0.4, -0.2) is 18.5 Å². The van der Waals surface area contributed by atoms with E-state index < -0.39 is 0 Å². The number of hydrogen-bond acceptors (Lipinski definition) is 3. The van der Waals surface area contributed by atoms with Crippen LogP contribution in [0, 0.1) is 11.3 Å². The van der Waals surface area contributed by atoms with Crippen LogP contribution in [0.4, 0.5) is 5.69 Å². The molecule has 100 valence electrons. The molecule has 0 aromatic heterocycles. The van der Waals surface area contributed by atoms with Crippen LogP contribution in [0.1, 0.15) is 31.2 Å². The topological polar surface area (TPSA) is 64.9 Å². The Bertz CT molecular complexity index is 504. The highest BCUT2D eigenvalue weighted by atomic mass is 35.5. The Morgan fingerprint density at radius 2 is 2.16 bits per heavy atom.